The molecule has 0 saturated carbocycles. The van der Waals surface area contributed by atoms with Crippen LogP contribution in [0.3, 0.4) is 0 Å². The number of fused-ring (bicyclic) bond motifs is 1. The van der Waals surface area contributed by atoms with Gasteiger partial charge in [0.1, 0.15) is 10.1 Å². The van der Waals surface area contributed by atoms with Gasteiger partial charge >= 0.3 is 0 Å². The summed E-state index contributed by atoms with van der Waals surface area (Å²) >= 11 is 10.2. The lowest BCUT2D eigenvalue weighted by Gasteiger charge is -2.15. The maximum absolute atomic E-state index is 13.3. The smallest absolute Gasteiger partial charge is 0.267 e. The average Bonchev–Trinajstić information content (AvgIpc) is 3.19. The quantitative estimate of drug-likeness (QED) is 0.398. The van der Waals surface area contributed by atoms with Gasteiger partial charge in [-0.2, -0.15) is 0 Å². The average molecular weight is 517 g/mol. The number of thiocarbonyl (C=S) groups is 1. The maximum atomic E-state index is 13.3. The molecule has 0 N–H and O–H groups in total. The monoisotopic (exact) mass is 516 g/mol. The molecule has 2 heterocycles. The third kappa shape index (κ3) is 4.16. The van der Waals surface area contributed by atoms with Crippen LogP contribution in [0.15, 0.2) is 51.8 Å². The summed E-state index contributed by atoms with van der Waals surface area (Å²) in [6.07, 6.45) is 1.49. The predicted octanol–water partition coefficient (Wildman–Crippen LogP) is 5.03. The topological polar surface area (TPSA) is 49.9 Å². The minimum absolute atomic E-state index is 0.134. The van der Waals surface area contributed by atoms with Gasteiger partial charge in [-0.1, -0.05) is 59.0 Å². The number of hydrogen-bond donors (Lipinski definition) is 0. The molecule has 0 atom stereocenters. The van der Waals surface area contributed by atoms with Crippen molar-refractivity contribution in [1.29, 1.82) is 0 Å². The van der Waals surface area contributed by atoms with Crippen molar-refractivity contribution in [2.24, 2.45) is 0 Å². The molecule has 0 aliphatic carbocycles. The molecular weight excluding hydrogens is 496 g/mol. The summed E-state index contributed by atoms with van der Waals surface area (Å²) < 4.78 is 6.54. The zero-order valence-electron chi connectivity index (χ0n) is 17.2. The minimum Gasteiger partial charge on any atom is -0.497 e. The number of halogens is 1. The zero-order chi connectivity index (χ0) is 22.1. The number of anilines is 1. The number of ether oxygens (including phenoxy) is 1. The fourth-order valence-corrected chi connectivity index (χ4v) is 5.49. The SMILES string of the molecule is CCCN1C(=O)C(=C2SC(=S)N(CCc3ccc(OC)cc3)C2=O)c2cc(Br)ccc21. The summed E-state index contributed by atoms with van der Waals surface area (Å²) in [5, 5.41) is 0. The van der Waals surface area contributed by atoms with E-state index in [1.54, 1.807) is 16.9 Å². The van der Waals surface area contributed by atoms with Crippen LogP contribution >= 0.6 is 39.9 Å². The van der Waals surface area contributed by atoms with Gasteiger partial charge in [0.25, 0.3) is 11.8 Å². The molecule has 2 aromatic carbocycles. The Morgan fingerprint density at radius 3 is 2.45 bits per heavy atom. The zero-order valence-corrected chi connectivity index (χ0v) is 20.4. The first-order valence-electron chi connectivity index (χ1n) is 9.97. The second-order valence-corrected chi connectivity index (χ2v) is 9.81. The molecule has 0 radical (unpaired) electrons. The molecular formula is C23H21BrN2O3S2. The van der Waals surface area contributed by atoms with Gasteiger partial charge in [0.15, 0.2) is 0 Å². The highest BCUT2D eigenvalue weighted by Crippen LogP contribution is 2.45. The molecule has 4 rings (SSSR count). The highest BCUT2D eigenvalue weighted by Gasteiger charge is 2.41. The number of rotatable bonds is 6. The predicted molar refractivity (Wildman–Crippen MR) is 132 cm³/mol. The van der Waals surface area contributed by atoms with E-state index in [2.05, 4.69) is 15.9 Å². The number of benzene rings is 2. The molecule has 0 spiro atoms. The largest absolute Gasteiger partial charge is 0.497 e. The van der Waals surface area contributed by atoms with Crippen LogP contribution in [0, 0.1) is 0 Å². The molecule has 0 unspecified atom stereocenters. The third-order valence-corrected chi connectivity index (χ3v) is 7.23. The van der Waals surface area contributed by atoms with Crippen LogP contribution in [0.1, 0.15) is 24.5 Å². The van der Waals surface area contributed by atoms with Crippen LogP contribution in [0.25, 0.3) is 5.57 Å². The lowest BCUT2D eigenvalue weighted by atomic mass is 10.1. The summed E-state index contributed by atoms with van der Waals surface area (Å²) in [6, 6.07) is 13.5. The van der Waals surface area contributed by atoms with Crippen molar-refractivity contribution in [1.82, 2.24) is 4.90 Å². The fraction of sp³-hybridized carbons (Fsp3) is 0.261. The van der Waals surface area contributed by atoms with Gasteiger partial charge < -0.3 is 9.64 Å². The van der Waals surface area contributed by atoms with Crippen molar-refractivity contribution in [2.75, 3.05) is 25.1 Å². The van der Waals surface area contributed by atoms with Gasteiger partial charge in [0.2, 0.25) is 0 Å². The number of carbonyl (C=O) groups excluding carboxylic acids is 2. The van der Waals surface area contributed by atoms with E-state index in [-0.39, 0.29) is 11.8 Å². The Labute approximate surface area is 199 Å². The first kappa shape index (κ1) is 22.0. The van der Waals surface area contributed by atoms with Crippen molar-refractivity contribution < 1.29 is 14.3 Å². The van der Waals surface area contributed by atoms with Gasteiger partial charge in [0, 0.05) is 23.1 Å². The second kappa shape index (κ2) is 9.14. The molecule has 160 valence electrons. The summed E-state index contributed by atoms with van der Waals surface area (Å²) in [7, 11) is 1.63. The molecule has 2 aromatic rings. The van der Waals surface area contributed by atoms with Crippen LogP contribution in [-0.2, 0) is 16.0 Å². The number of nitrogens with zero attached hydrogens (tertiary/aromatic N) is 2. The van der Waals surface area contributed by atoms with E-state index in [1.807, 2.05) is 49.4 Å². The van der Waals surface area contributed by atoms with Crippen molar-refractivity contribution in [2.45, 2.75) is 19.8 Å². The second-order valence-electron chi connectivity index (χ2n) is 7.25. The Kier molecular flexibility index (Phi) is 6.50. The molecule has 2 amide bonds. The van der Waals surface area contributed by atoms with E-state index in [1.165, 1.54) is 11.8 Å². The molecule has 0 aromatic heterocycles. The lowest BCUT2D eigenvalue weighted by Crippen LogP contribution is -2.31. The van der Waals surface area contributed by atoms with Crippen molar-refractivity contribution in [3.63, 3.8) is 0 Å². The summed E-state index contributed by atoms with van der Waals surface area (Å²) in [5.74, 6) is 0.460. The van der Waals surface area contributed by atoms with Crippen LogP contribution in [0.2, 0.25) is 0 Å². The maximum Gasteiger partial charge on any atom is 0.267 e. The third-order valence-electron chi connectivity index (χ3n) is 5.28. The van der Waals surface area contributed by atoms with E-state index in [0.717, 1.165) is 33.5 Å². The molecule has 1 fully saturated rings. The standard InChI is InChI=1S/C23H21BrN2O3S2/c1-3-11-25-18-9-6-15(24)13-17(18)19(21(25)27)20-22(28)26(23(30)31-20)12-10-14-4-7-16(29-2)8-5-14/h4-9,13H,3,10-12H2,1-2H3. The Balaban J connectivity index is 1.62. The normalized spacial score (nSPS) is 18.2. The van der Waals surface area contributed by atoms with Crippen LogP contribution in [-0.4, -0.2) is 41.2 Å². The number of amides is 2. The summed E-state index contributed by atoms with van der Waals surface area (Å²) in [4.78, 5) is 30.3. The fourth-order valence-electron chi connectivity index (χ4n) is 3.74. The first-order valence-corrected chi connectivity index (χ1v) is 12.0. The molecule has 2 aliphatic rings. The number of thioether (sulfide) groups is 1. The van der Waals surface area contributed by atoms with Gasteiger partial charge in [0.05, 0.1) is 23.3 Å². The van der Waals surface area contributed by atoms with Crippen molar-refractivity contribution >= 4 is 67.3 Å². The van der Waals surface area contributed by atoms with Gasteiger partial charge in [-0.25, -0.2) is 0 Å². The van der Waals surface area contributed by atoms with E-state index < -0.39 is 0 Å². The lowest BCUT2D eigenvalue weighted by molar-refractivity contribution is -0.122. The highest BCUT2D eigenvalue weighted by atomic mass is 79.9. The Morgan fingerprint density at radius 1 is 1.03 bits per heavy atom. The molecule has 8 heteroatoms. The van der Waals surface area contributed by atoms with Crippen molar-refractivity contribution in [3.05, 3.63) is 63.0 Å². The number of hydrogen-bond acceptors (Lipinski definition) is 5. The number of carbonyl (C=O) groups is 2. The van der Waals surface area contributed by atoms with E-state index >= 15 is 0 Å². The summed E-state index contributed by atoms with van der Waals surface area (Å²) in [6.45, 7) is 3.10. The molecule has 5 nitrogen and oxygen atoms in total. The van der Waals surface area contributed by atoms with Gasteiger partial charge in [-0.15, -0.1) is 0 Å². The van der Waals surface area contributed by atoms with E-state index in [9.17, 15) is 9.59 Å². The highest BCUT2D eigenvalue weighted by molar-refractivity contribution is 9.10. The first-order chi connectivity index (χ1) is 14.9. The van der Waals surface area contributed by atoms with E-state index in [4.69, 9.17) is 17.0 Å². The molecule has 0 bridgehead atoms. The Morgan fingerprint density at radius 2 is 1.77 bits per heavy atom. The summed E-state index contributed by atoms with van der Waals surface area (Å²) in [5.41, 5.74) is 3.16. The van der Waals surface area contributed by atoms with Gasteiger partial charge in [-0.3, -0.25) is 14.5 Å². The molecule has 1 saturated heterocycles. The Hall–Kier alpha value is -2.16. The molecule has 31 heavy (non-hydrogen) atoms. The van der Waals surface area contributed by atoms with Crippen molar-refractivity contribution in [3.8, 4) is 5.75 Å². The van der Waals surface area contributed by atoms with Crippen LogP contribution in [0.4, 0.5) is 5.69 Å². The van der Waals surface area contributed by atoms with Gasteiger partial charge in [-0.05, 0) is 48.7 Å². The molecule has 2 aliphatic heterocycles. The minimum atomic E-state index is -0.198. The number of methoxy groups -OCH3 is 1. The Bertz CT molecular complexity index is 1100. The van der Waals surface area contributed by atoms with E-state index in [0.29, 0.717) is 34.3 Å². The van der Waals surface area contributed by atoms with Crippen LogP contribution in [0.5, 0.6) is 5.75 Å². The van der Waals surface area contributed by atoms with Crippen LogP contribution < -0.4 is 9.64 Å².